The number of carboxylic acids is 1. The van der Waals surface area contributed by atoms with Gasteiger partial charge in [-0.05, 0) is 18.2 Å². The van der Waals surface area contributed by atoms with Gasteiger partial charge in [-0.1, -0.05) is 23.2 Å². The second-order valence-corrected chi connectivity index (χ2v) is 4.48. The van der Waals surface area contributed by atoms with E-state index in [1.165, 1.54) is 19.2 Å². The van der Waals surface area contributed by atoms with E-state index in [0.29, 0.717) is 10.4 Å². The molecule has 0 spiro atoms. The first-order valence-electron chi connectivity index (χ1n) is 5.05. The molecule has 5 nitrogen and oxygen atoms in total. The molecule has 0 amide bonds. The molecule has 0 saturated carbocycles. The van der Waals surface area contributed by atoms with E-state index in [1.54, 1.807) is 0 Å². The van der Waals surface area contributed by atoms with Gasteiger partial charge in [-0.25, -0.2) is 14.6 Å². The molecule has 2 rings (SSSR count). The smallest absolute Gasteiger partial charge is 0.354 e. The number of carboxylic acid groups (broad SMARTS) is 1. The highest BCUT2D eigenvalue weighted by molar-refractivity contribution is 6.39. The lowest BCUT2D eigenvalue weighted by Gasteiger charge is -2.08. The molecule has 19 heavy (non-hydrogen) atoms. The third kappa shape index (κ3) is 2.47. The second kappa shape index (κ2) is 5.03. The number of aromatic carboxylic acids is 1. The largest absolute Gasteiger partial charge is 0.477 e. The molecule has 98 valence electrons. The molecule has 1 heterocycles. The van der Waals surface area contributed by atoms with Crippen LogP contribution in [0.2, 0.25) is 10.0 Å². The van der Waals surface area contributed by atoms with Crippen LogP contribution in [-0.2, 0) is 4.74 Å². The number of nitrogens with zero attached hydrogens (tertiary/aromatic N) is 1. The molecule has 7 heteroatoms. The van der Waals surface area contributed by atoms with E-state index in [4.69, 9.17) is 28.3 Å². The SMILES string of the molecule is COC(=O)c1cc(C(=O)O)nc2cc(Cl)cc(Cl)c12. The number of hydrogen-bond acceptors (Lipinski definition) is 4. The summed E-state index contributed by atoms with van der Waals surface area (Å²) in [5.74, 6) is -1.96. The molecule has 1 aromatic carbocycles. The Labute approximate surface area is 117 Å². The van der Waals surface area contributed by atoms with Crippen molar-refractivity contribution in [2.75, 3.05) is 7.11 Å². The second-order valence-electron chi connectivity index (χ2n) is 3.63. The third-order valence-corrected chi connectivity index (χ3v) is 2.97. The molecule has 0 aliphatic rings. The van der Waals surface area contributed by atoms with Gasteiger partial charge in [0.15, 0.2) is 0 Å². The van der Waals surface area contributed by atoms with Crippen molar-refractivity contribution in [1.29, 1.82) is 0 Å². The Morgan fingerprint density at radius 1 is 1.26 bits per heavy atom. The summed E-state index contributed by atoms with van der Waals surface area (Å²) in [5, 5.41) is 9.79. The van der Waals surface area contributed by atoms with Crippen LogP contribution in [-0.4, -0.2) is 29.1 Å². The Morgan fingerprint density at radius 2 is 1.95 bits per heavy atom. The van der Waals surface area contributed by atoms with Crippen LogP contribution in [0.5, 0.6) is 0 Å². The lowest BCUT2D eigenvalue weighted by molar-refractivity contribution is 0.0603. The molecule has 0 unspecified atom stereocenters. The Bertz CT molecular complexity index is 700. The van der Waals surface area contributed by atoms with E-state index in [0.717, 1.165) is 6.07 Å². The fraction of sp³-hybridized carbons (Fsp3) is 0.0833. The van der Waals surface area contributed by atoms with Gasteiger partial charge < -0.3 is 9.84 Å². The van der Waals surface area contributed by atoms with Gasteiger partial charge in [-0.3, -0.25) is 0 Å². The maximum absolute atomic E-state index is 11.7. The molecule has 0 atom stereocenters. The van der Waals surface area contributed by atoms with E-state index in [-0.39, 0.29) is 21.8 Å². The Balaban J connectivity index is 2.90. The zero-order valence-electron chi connectivity index (χ0n) is 9.61. The summed E-state index contributed by atoms with van der Waals surface area (Å²) in [6.45, 7) is 0. The lowest BCUT2D eigenvalue weighted by Crippen LogP contribution is -2.08. The van der Waals surface area contributed by atoms with E-state index < -0.39 is 11.9 Å². The number of pyridine rings is 1. The molecule has 0 aliphatic carbocycles. The number of rotatable bonds is 2. The van der Waals surface area contributed by atoms with Crippen molar-refractivity contribution in [2.24, 2.45) is 0 Å². The normalized spacial score (nSPS) is 10.5. The molecule has 0 radical (unpaired) electrons. The number of carbonyl (C=O) groups is 2. The van der Waals surface area contributed by atoms with Gasteiger partial charge in [0.05, 0.1) is 23.2 Å². The van der Waals surface area contributed by atoms with E-state index in [1.807, 2.05) is 0 Å². The zero-order chi connectivity index (χ0) is 14.2. The third-order valence-electron chi connectivity index (χ3n) is 2.45. The van der Waals surface area contributed by atoms with Crippen LogP contribution < -0.4 is 0 Å². The van der Waals surface area contributed by atoms with E-state index in [2.05, 4.69) is 9.72 Å². The van der Waals surface area contributed by atoms with Crippen LogP contribution in [0.25, 0.3) is 10.9 Å². The van der Waals surface area contributed by atoms with Gasteiger partial charge in [0.25, 0.3) is 0 Å². The summed E-state index contributed by atoms with van der Waals surface area (Å²) in [5.41, 5.74) is -0.0319. The predicted molar refractivity (Wildman–Crippen MR) is 70.1 cm³/mol. The van der Waals surface area contributed by atoms with Gasteiger partial charge in [0.1, 0.15) is 5.69 Å². The maximum Gasteiger partial charge on any atom is 0.354 e. The number of methoxy groups -OCH3 is 1. The van der Waals surface area contributed by atoms with Crippen LogP contribution in [0.15, 0.2) is 18.2 Å². The van der Waals surface area contributed by atoms with E-state index in [9.17, 15) is 9.59 Å². The fourth-order valence-electron chi connectivity index (χ4n) is 1.67. The van der Waals surface area contributed by atoms with Crippen molar-refractivity contribution < 1.29 is 19.4 Å². The Kier molecular flexibility index (Phi) is 3.59. The summed E-state index contributed by atoms with van der Waals surface area (Å²) in [4.78, 5) is 26.6. The van der Waals surface area contributed by atoms with Crippen LogP contribution in [0.3, 0.4) is 0 Å². The minimum absolute atomic E-state index is 0.0339. The first kappa shape index (κ1) is 13.6. The first-order chi connectivity index (χ1) is 8.93. The van der Waals surface area contributed by atoms with Crippen molar-refractivity contribution in [3.05, 3.63) is 39.5 Å². The maximum atomic E-state index is 11.7. The van der Waals surface area contributed by atoms with Crippen molar-refractivity contribution >= 4 is 46.0 Å². The molecule has 0 aliphatic heterocycles. The van der Waals surface area contributed by atoms with Crippen LogP contribution >= 0.6 is 23.2 Å². The van der Waals surface area contributed by atoms with Gasteiger partial charge in [-0.15, -0.1) is 0 Å². The number of ether oxygens (including phenoxy) is 1. The fourth-order valence-corrected chi connectivity index (χ4v) is 2.25. The highest BCUT2D eigenvalue weighted by Crippen LogP contribution is 2.30. The Hall–Kier alpha value is -1.85. The summed E-state index contributed by atoms with van der Waals surface area (Å²) in [6, 6.07) is 4.00. The van der Waals surface area contributed by atoms with Crippen LogP contribution in [0.4, 0.5) is 0 Å². The number of hydrogen-bond donors (Lipinski definition) is 1. The quantitative estimate of drug-likeness (QED) is 0.863. The standard InChI is InChI=1S/C12H7Cl2NO4/c1-19-12(18)6-4-9(11(16)17)15-8-3-5(13)2-7(14)10(6)8/h2-4H,1H3,(H,16,17). The minimum Gasteiger partial charge on any atom is -0.477 e. The number of aromatic nitrogens is 1. The van der Waals surface area contributed by atoms with E-state index >= 15 is 0 Å². The van der Waals surface area contributed by atoms with Crippen molar-refractivity contribution in [3.63, 3.8) is 0 Å². The van der Waals surface area contributed by atoms with Crippen molar-refractivity contribution in [1.82, 2.24) is 4.98 Å². The number of carbonyl (C=O) groups excluding carboxylic acids is 1. The molecule has 0 fully saturated rings. The van der Waals surface area contributed by atoms with Crippen molar-refractivity contribution in [3.8, 4) is 0 Å². The van der Waals surface area contributed by atoms with Crippen LogP contribution in [0, 0.1) is 0 Å². The average Bonchev–Trinajstić information content (AvgIpc) is 2.35. The molecule has 0 saturated heterocycles. The first-order valence-corrected chi connectivity index (χ1v) is 5.81. The number of fused-ring (bicyclic) bond motifs is 1. The number of esters is 1. The summed E-state index contributed by atoms with van der Waals surface area (Å²) in [7, 11) is 1.19. The van der Waals surface area contributed by atoms with Crippen LogP contribution in [0.1, 0.15) is 20.8 Å². The van der Waals surface area contributed by atoms with Gasteiger partial charge >= 0.3 is 11.9 Å². The van der Waals surface area contributed by atoms with Gasteiger partial charge in [0.2, 0.25) is 0 Å². The summed E-state index contributed by atoms with van der Waals surface area (Å²) < 4.78 is 4.61. The summed E-state index contributed by atoms with van der Waals surface area (Å²) in [6.07, 6.45) is 0. The number of halogens is 2. The molecule has 1 N–H and O–H groups in total. The molecule has 1 aromatic heterocycles. The lowest BCUT2D eigenvalue weighted by atomic mass is 10.1. The van der Waals surface area contributed by atoms with Gasteiger partial charge in [0, 0.05) is 10.4 Å². The average molecular weight is 300 g/mol. The molecular weight excluding hydrogens is 293 g/mol. The minimum atomic E-state index is -1.26. The molecule has 2 aromatic rings. The topological polar surface area (TPSA) is 76.5 Å². The summed E-state index contributed by atoms with van der Waals surface area (Å²) >= 11 is 11.9. The highest BCUT2D eigenvalue weighted by atomic mass is 35.5. The van der Waals surface area contributed by atoms with Gasteiger partial charge in [-0.2, -0.15) is 0 Å². The van der Waals surface area contributed by atoms with Crippen molar-refractivity contribution in [2.45, 2.75) is 0 Å². The Morgan fingerprint density at radius 3 is 2.53 bits per heavy atom. The monoisotopic (exact) mass is 299 g/mol. The highest BCUT2D eigenvalue weighted by Gasteiger charge is 2.19. The number of benzene rings is 1. The molecule has 0 bridgehead atoms. The zero-order valence-corrected chi connectivity index (χ0v) is 11.1. The predicted octanol–water partition coefficient (Wildman–Crippen LogP) is 3.03. The molecular formula is C12H7Cl2NO4.